The molecule has 6 nitrogen and oxygen atoms in total. The molecule has 0 aliphatic rings. The van der Waals surface area contributed by atoms with E-state index in [-0.39, 0.29) is 18.0 Å². The van der Waals surface area contributed by atoms with Crippen LogP contribution < -0.4 is 10.1 Å². The number of non-ortho nitro benzene ring substituents is 1. The van der Waals surface area contributed by atoms with E-state index in [0.29, 0.717) is 0 Å². The van der Waals surface area contributed by atoms with Gasteiger partial charge in [0, 0.05) is 6.07 Å². The van der Waals surface area contributed by atoms with Crippen molar-refractivity contribution in [2.24, 2.45) is 0 Å². The van der Waals surface area contributed by atoms with Crippen LogP contribution in [0.25, 0.3) is 0 Å². The third-order valence-corrected chi connectivity index (χ3v) is 2.44. The Morgan fingerprint density at radius 2 is 2.33 bits per heavy atom. The zero-order valence-electron chi connectivity index (χ0n) is 9.94. The number of hydrogen-bond acceptors (Lipinski definition) is 5. The fraction of sp³-hybridized carbons (Fsp3) is 0.364. The Bertz CT molecular complexity index is 501. The highest BCUT2D eigenvalue weighted by atomic mass is 19.1. The Balaban J connectivity index is 2.81. The van der Waals surface area contributed by atoms with Gasteiger partial charge in [-0.1, -0.05) is 0 Å². The molecule has 0 aliphatic heterocycles. The van der Waals surface area contributed by atoms with Gasteiger partial charge in [0.05, 0.1) is 17.1 Å². The molecule has 0 saturated carbocycles. The number of rotatable bonds is 5. The third-order valence-electron chi connectivity index (χ3n) is 2.44. The second-order valence-electron chi connectivity index (χ2n) is 3.85. The van der Waals surface area contributed by atoms with Crippen molar-refractivity contribution in [2.75, 3.05) is 13.7 Å². The lowest BCUT2D eigenvalue weighted by Crippen LogP contribution is -2.43. The van der Waals surface area contributed by atoms with Crippen molar-refractivity contribution in [3.63, 3.8) is 0 Å². The summed E-state index contributed by atoms with van der Waals surface area (Å²) in [5, 5.41) is 22.0. The molecule has 1 rings (SSSR count). The van der Waals surface area contributed by atoms with Crippen molar-refractivity contribution >= 4 is 5.69 Å². The number of nitrogens with one attached hydrogen (secondary N) is 1. The zero-order chi connectivity index (χ0) is 13.8. The highest BCUT2D eigenvalue weighted by Gasteiger charge is 2.23. The Kier molecular flexibility index (Phi) is 4.18. The monoisotopic (exact) mass is 253 g/mol. The summed E-state index contributed by atoms with van der Waals surface area (Å²) in [6.07, 6.45) is 0. The van der Waals surface area contributed by atoms with Gasteiger partial charge in [-0.2, -0.15) is 5.26 Å². The van der Waals surface area contributed by atoms with Crippen molar-refractivity contribution in [3.8, 4) is 11.8 Å². The molecule has 0 aliphatic carbocycles. The van der Waals surface area contributed by atoms with Crippen molar-refractivity contribution in [3.05, 3.63) is 34.1 Å². The number of benzene rings is 1. The molecule has 1 aromatic rings. The van der Waals surface area contributed by atoms with Gasteiger partial charge in [-0.15, -0.1) is 0 Å². The average Bonchev–Trinajstić information content (AvgIpc) is 2.36. The van der Waals surface area contributed by atoms with E-state index >= 15 is 0 Å². The van der Waals surface area contributed by atoms with Crippen LogP contribution >= 0.6 is 0 Å². The predicted molar refractivity (Wildman–Crippen MR) is 61.6 cm³/mol. The molecule has 96 valence electrons. The molecular weight excluding hydrogens is 241 g/mol. The number of nitriles is 1. The Labute approximate surface area is 103 Å². The predicted octanol–water partition coefficient (Wildman–Crippen LogP) is 1.61. The smallest absolute Gasteiger partial charge is 0.272 e. The summed E-state index contributed by atoms with van der Waals surface area (Å²) in [7, 11) is 1.58. The standard InChI is InChI=1S/C11H12FN3O3/c1-11(6-13,14-2)7-18-10-4-3-8(15(16)17)5-9(10)12/h3-5,14H,7H2,1-2H3. The molecule has 0 amide bonds. The molecular formula is C11H12FN3O3. The number of nitro benzene ring substituents is 1. The summed E-state index contributed by atoms with van der Waals surface area (Å²) in [6, 6.07) is 5.06. The molecule has 0 aromatic heterocycles. The summed E-state index contributed by atoms with van der Waals surface area (Å²) >= 11 is 0. The summed E-state index contributed by atoms with van der Waals surface area (Å²) in [6.45, 7) is 1.52. The Morgan fingerprint density at radius 1 is 1.67 bits per heavy atom. The molecule has 1 unspecified atom stereocenters. The van der Waals surface area contributed by atoms with Crippen molar-refractivity contribution in [2.45, 2.75) is 12.5 Å². The highest BCUT2D eigenvalue weighted by molar-refractivity contribution is 5.37. The Hall–Kier alpha value is -2.20. The molecule has 18 heavy (non-hydrogen) atoms. The third kappa shape index (κ3) is 3.15. The molecule has 1 atom stereocenters. The topological polar surface area (TPSA) is 88.2 Å². The molecule has 0 radical (unpaired) electrons. The van der Waals surface area contributed by atoms with Gasteiger partial charge in [-0.05, 0) is 20.0 Å². The maximum absolute atomic E-state index is 13.5. The van der Waals surface area contributed by atoms with Crippen molar-refractivity contribution in [1.29, 1.82) is 5.26 Å². The molecule has 1 N–H and O–H groups in total. The van der Waals surface area contributed by atoms with Crippen LogP contribution in [0.4, 0.5) is 10.1 Å². The lowest BCUT2D eigenvalue weighted by molar-refractivity contribution is -0.385. The second kappa shape index (κ2) is 5.42. The van der Waals surface area contributed by atoms with Gasteiger partial charge in [0.15, 0.2) is 11.6 Å². The fourth-order valence-electron chi connectivity index (χ4n) is 1.10. The van der Waals surface area contributed by atoms with Crippen LogP contribution in [0.15, 0.2) is 18.2 Å². The van der Waals surface area contributed by atoms with Gasteiger partial charge >= 0.3 is 0 Å². The molecule has 7 heteroatoms. The molecule has 0 fully saturated rings. The van der Waals surface area contributed by atoms with Gasteiger partial charge in [0.25, 0.3) is 5.69 Å². The van der Waals surface area contributed by atoms with E-state index in [1.807, 2.05) is 6.07 Å². The summed E-state index contributed by atoms with van der Waals surface area (Å²) < 4.78 is 18.6. The first-order chi connectivity index (χ1) is 8.41. The van der Waals surface area contributed by atoms with E-state index in [4.69, 9.17) is 10.00 Å². The van der Waals surface area contributed by atoms with Crippen LogP contribution in [0.2, 0.25) is 0 Å². The van der Waals surface area contributed by atoms with E-state index in [0.717, 1.165) is 12.1 Å². The van der Waals surface area contributed by atoms with Crippen LogP contribution in [0.1, 0.15) is 6.92 Å². The second-order valence-corrected chi connectivity index (χ2v) is 3.85. The van der Waals surface area contributed by atoms with Gasteiger partial charge in [-0.3, -0.25) is 15.4 Å². The molecule has 0 heterocycles. The maximum Gasteiger partial charge on any atom is 0.272 e. The summed E-state index contributed by atoms with van der Waals surface area (Å²) in [5.74, 6) is -0.960. The average molecular weight is 253 g/mol. The minimum atomic E-state index is -0.950. The van der Waals surface area contributed by atoms with Crippen LogP contribution in [0.5, 0.6) is 5.75 Å². The number of hydrogen-bond donors (Lipinski definition) is 1. The van der Waals surface area contributed by atoms with Crippen LogP contribution in [-0.2, 0) is 0 Å². The fourth-order valence-corrected chi connectivity index (χ4v) is 1.10. The molecule has 1 aromatic carbocycles. The van der Waals surface area contributed by atoms with Gasteiger partial charge in [0.2, 0.25) is 0 Å². The van der Waals surface area contributed by atoms with Crippen LogP contribution in [-0.4, -0.2) is 24.1 Å². The normalized spacial score (nSPS) is 13.4. The summed E-state index contributed by atoms with van der Waals surface area (Å²) in [4.78, 5) is 9.72. The minimum Gasteiger partial charge on any atom is -0.487 e. The molecule has 0 bridgehead atoms. The zero-order valence-corrected chi connectivity index (χ0v) is 9.94. The quantitative estimate of drug-likeness (QED) is 0.636. The van der Waals surface area contributed by atoms with E-state index in [1.54, 1.807) is 14.0 Å². The van der Waals surface area contributed by atoms with E-state index in [9.17, 15) is 14.5 Å². The van der Waals surface area contributed by atoms with E-state index in [2.05, 4.69) is 5.32 Å². The van der Waals surface area contributed by atoms with Crippen LogP contribution in [0.3, 0.4) is 0 Å². The number of halogens is 1. The van der Waals surface area contributed by atoms with E-state index in [1.165, 1.54) is 6.07 Å². The lowest BCUT2D eigenvalue weighted by atomic mass is 10.1. The minimum absolute atomic E-state index is 0.0747. The molecule has 0 saturated heterocycles. The highest BCUT2D eigenvalue weighted by Crippen LogP contribution is 2.23. The first-order valence-electron chi connectivity index (χ1n) is 5.09. The maximum atomic E-state index is 13.5. The number of nitro groups is 1. The number of likely N-dealkylation sites (N-methyl/N-ethyl adjacent to an activating group) is 1. The number of nitrogens with zero attached hydrogens (tertiary/aromatic N) is 2. The van der Waals surface area contributed by atoms with Gasteiger partial charge in [-0.25, -0.2) is 4.39 Å². The number of ether oxygens (including phenoxy) is 1. The van der Waals surface area contributed by atoms with Gasteiger partial charge < -0.3 is 4.74 Å². The van der Waals surface area contributed by atoms with Crippen molar-refractivity contribution in [1.82, 2.24) is 5.32 Å². The first-order valence-corrected chi connectivity index (χ1v) is 5.09. The summed E-state index contributed by atoms with van der Waals surface area (Å²) in [5.41, 5.74) is -1.30. The van der Waals surface area contributed by atoms with Crippen molar-refractivity contribution < 1.29 is 14.1 Å². The lowest BCUT2D eigenvalue weighted by Gasteiger charge is -2.20. The largest absolute Gasteiger partial charge is 0.487 e. The van der Waals surface area contributed by atoms with E-state index < -0.39 is 16.3 Å². The molecule has 0 spiro atoms. The van der Waals surface area contributed by atoms with Gasteiger partial charge in [0.1, 0.15) is 12.1 Å². The first kappa shape index (κ1) is 13.9. The SMILES string of the molecule is CNC(C)(C#N)COc1ccc([N+](=O)[O-])cc1F. The van der Waals surface area contributed by atoms with Crippen LogP contribution in [0, 0.1) is 27.3 Å². The Morgan fingerprint density at radius 3 is 2.78 bits per heavy atom.